The number of amides is 1. The summed E-state index contributed by atoms with van der Waals surface area (Å²) in [6.45, 7) is 1.68. The van der Waals surface area contributed by atoms with Crippen LogP contribution in [0.2, 0.25) is 0 Å². The van der Waals surface area contributed by atoms with E-state index in [-0.39, 0.29) is 5.91 Å². The van der Waals surface area contributed by atoms with Gasteiger partial charge >= 0.3 is 6.18 Å². The number of nitrogens with one attached hydrogen (secondary N) is 1. The Morgan fingerprint density at radius 2 is 1.78 bits per heavy atom. The van der Waals surface area contributed by atoms with Gasteiger partial charge in [-0.25, -0.2) is 0 Å². The molecule has 0 aromatic heterocycles. The molecule has 0 aliphatic rings. The lowest BCUT2D eigenvalue weighted by atomic mass is 10.0. The van der Waals surface area contributed by atoms with Crippen molar-refractivity contribution in [2.75, 3.05) is 0 Å². The van der Waals surface area contributed by atoms with E-state index in [0.717, 1.165) is 17.7 Å². The van der Waals surface area contributed by atoms with Crippen molar-refractivity contribution in [2.45, 2.75) is 32.0 Å². The van der Waals surface area contributed by atoms with E-state index in [2.05, 4.69) is 5.32 Å². The smallest absolute Gasteiger partial charge is 0.350 e. The van der Waals surface area contributed by atoms with E-state index in [0.29, 0.717) is 18.4 Å². The van der Waals surface area contributed by atoms with Crippen LogP contribution in [-0.4, -0.2) is 5.91 Å². The summed E-state index contributed by atoms with van der Waals surface area (Å²) in [6.07, 6.45) is -3.48. The van der Waals surface area contributed by atoms with E-state index >= 15 is 0 Å². The van der Waals surface area contributed by atoms with Gasteiger partial charge in [-0.3, -0.25) is 4.79 Å². The van der Waals surface area contributed by atoms with E-state index in [9.17, 15) is 18.0 Å². The van der Waals surface area contributed by atoms with Crippen LogP contribution in [0.5, 0.6) is 0 Å². The van der Waals surface area contributed by atoms with Crippen molar-refractivity contribution in [3.8, 4) is 0 Å². The number of carbonyl (C=O) groups excluding carboxylic acids is 1. The van der Waals surface area contributed by atoms with Crippen LogP contribution < -0.4 is 5.32 Å². The molecule has 2 nitrogen and oxygen atoms in total. The summed E-state index contributed by atoms with van der Waals surface area (Å²) in [5.74, 6) is -0.182. The maximum atomic E-state index is 12.7. The van der Waals surface area contributed by atoms with Crippen LogP contribution in [0.4, 0.5) is 13.2 Å². The lowest BCUT2D eigenvalue weighted by molar-refractivity contribution is -0.137. The molecular weight excluding hydrogens is 303 g/mol. The Morgan fingerprint density at radius 3 is 2.43 bits per heavy atom. The molecule has 122 valence electrons. The van der Waals surface area contributed by atoms with Gasteiger partial charge in [0.05, 0.1) is 11.6 Å². The summed E-state index contributed by atoms with van der Waals surface area (Å²) in [4.78, 5) is 11.9. The molecular formula is C18H18F3NO. The van der Waals surface area contributed by atoms with E-state index in [1.165, 1.54) is 6.07 Å². The minimum atomic E-state index is -4.38. The first-order valence-corrected chi connectivity index (χ1v) is 7.36. The summed E-state index contributed by atoms with van der Waals surface area (Å²) in [7, 11) is 0. The minimum Gasteiger partial charge on any atom is -0.350 e. The Hall–Kier alpha value is -2.30. The predicted octanol–water partition coefficient (Wildman–Crippen LogP) is 4.52. The standard InChI is InChI=1S/C18H18F3NO/c1-13(15-8-5-9-16(12-15)18(19,20)21)22-17(23)11-10-14-6-3-2-4-7-14/h2-9,12-13H,10-11H2,1H3,(H,22,23). The number of benzene rings is 2. The molecule has 0 fully saturated rings. The average molecular weight is 321 g/mol. The quantitative estimate of drug-likeness (QED) is 0.862. The molecule has 0 bridgehead atoms. The summed E-state index contributed by atoms with van der Waals surface area (Å²) in [6, 6.07) is 14.1. The van der Waals surface area contributed by atoms with Gasteiger partial charge in [-0.15, -0.1) is 0 Å². The lowest BCUT2D eigenvalue weighted by Crippen LogP contribution is -2.27. The van der Waals surface area contributed by atoms with Crippen molar-refractivity contribution in [3.63, 3.8) is 0 Å². The molecule has 0 aliphatic heterocycles. The summed E-state index contributed by atoms with van der Waals surface area (Å²) in [5, 5.41) is 2.74. The van der Waals surface area contributed by atoms with Gasteiger partial charge in [0, 0.05) is 6.42 Å². The number of hydrogen-bond acceptors (Lipinski definition) is 1. The second-order valence-electron chi connectivity index (χ2n) is 5.40. The molecule has 2 aromatic carbocycles. The molecule has 23 heavy (non-hydrogen) atoms. The Kier molecular flexibility index (Phi) is 5.42. The van der Waals surface area contributed by atoms with Crippen LogP contribution >= 0.6 is 0 Å². The first-order chi connectivity index (χ1) is 10.9. The van der Waals surface area contributed by atoms with Gasteiger partial charge in [0.1, 0.15) is 0 Å². The fourth-order valence-electron chi connectivity index (χ4n) is 2.28. The Morgan fingerprint density at radius 1 is 1.09 bits per heavy atom. The molecule has 0 heterocycles. The largest absolute Gasteiger partial charge is 0.416 e. The van der Waals surface area contributed by atoms with Gasteiger partial charge in [0.25, 0.3) is 0 Å². The number of aryl methyl sites for hydroxylation is 1. The first-order valence-electron chi connectivity index (χ1n) is 7.36. The number of rotatable bonds is 5. The molecule has 0 radical (unpaired) electrons. The van der Waals surface area contributed by atoms with Crippen LogP contribution in [0.15, 0.2) is 54.6 Å². The molecule has 0 saturated carbocycles. The van der Waals surface area contributed by atoms with Crippen molar-refractivity contribution < 1.29 is 18.0 Å². The van der Waals surface area contributed by atoms with Crippen molar-refractivity contribution >= 4 is 5.91 Å². The second kappa shape index (κ2) is 7.31. The third-order valence-electron chi connectivity index (χ3n) is 3.58. The first kappa shape index (κ1) is 17.1. The van der Waals surface area contributed by atoms with Crippen LogP contribution in [0, 0.1) is 0 Å². The van der Waals surface area contributed by atoms with Gasteiger partial charge in [0.2, 0.25) is 5.91 Å². The van der Waals surface area contributed by atoms with E-state index in [1.807, 2.05) is 30.3 Å². The predicted molar refractivity (Wildman–Crippen MR) is 82.8 cm³/mol. The number of halogens is 3. The summed E-state index contributed by atoms with van der Waals surface area (Å²) in [5.41, 5.74) is 0.780. The fraction of sp³-hybridized carbons (Fsp3) is 0.278. The molecule has 5 heteroatoms. The third kappa shape index (κ3) is 5.13. The zero-order valence-corrected chi connectivity index (χ0v) is 12.7. The highest BCUT2D eigenvalue weighted by Gasteiger charge is 2.30. The average Bonchev–Trinajstić information content (AvgIpc) is 2.53. The molecule has 0 spiro atoms. The third-order valence-corrected chi connectivity index (χ3v) is 3.58. The highest BCUT2D eigenvalue weighted by atomic mass is 19.4. The number of alkyl halides is 3. The number of carbonyl (C=O) groups is 1. The zero-order valence-electron chi connectivity index (χ0n) is 12.7. The van der Waals surface area contributed by atoms with E-state index in [1.54, 1.807) is 13.0 Å². The molecule has 1 amide bonds. The van der Waals surface area contributed by atoms with Gasteiger partial charge < -0.3 is 5.32 Å². The van der Waals surface area contributed by atoms with Crippen molar-refractivity contribution in [2.24, 2.45) is 0 Å². The molecule has 1 N–H and O–H groups in total. The zero-order chi connectivity index (χ0) is 16.9. The monoisotopic (exact) mass is 321 g/mol. The molecule has 2 aromatic rings. The lowest BCUT2D eigenvalue weighted by Gasteiger charge is -2.16. The van der Waals surface area contributed by atoms with Crippen LogP contribution in [-0.2, 0) is 17.4 Å². The molecule has 0 saturated heterocycles. The van der Waals surface area contributed by atoms with Crippen molar-refractivity contribution in [1.29, 1.82) is 0 Å². The summed E-state index contributed by atoms with van der Waals surface area (Å²) >= 11 is 0. The Bertz CT molecular complexity index is 653. The van der Waals surface area contributed by atoms with Gasteiger partial charge in [-0.1, -0.05) is 42.5 Å². The van der Waals surface area contributed by atoms with Crippen LogP contribution in [0.3, 0.4) is 0 Å². The molecule has 1 atom stereocenters. The highest BCUT2D eigenvalue weighted by Crippen LogP contribution is 2.30. The molecule has 2 rings (SSSR count). The summed E-state index contributed by atoms with van der Waals surface area (Å²) < 4.78 is 38.1. The van der Waals surface area contributed by atoms with Crippen molar-refractivity contribution in [3.05, 3.63) is 71.3 Å². The maximum absolute atomic E-state index is 12.7. The van der Waals surface area contributed by atoms with Crippen molar-refractivity contribution in [1.82, 2.24) is 5.32 Å². The minimum absolute atomic E-state index is 0.182. The van der Waals surface area contributed by atoms with Gasteiger partial charge in [-0.05, 0) is 36.6 Å². The Labute approximate surface area is 133 Å². The highest BCUT2D eigenvalue weighted by molar-refractivity contribution is 5.76. The SMILES string of the molecule is CC(NC(=O)CCc1ccccc1)c1cccc(C(F)(F)F)c1. The number of hydrogen-bond donors (Lipinski definition) is 1. The fourth-order valence-corrected chi connectivity index (χ4v) is 2.28. The van der Waals surface area contributed by atoms with E-state index in [4.69, 9.17) is 0 Å². The van der Waals surface area contributed by atoms with Gasteiger partial charge in [0.15, 0.2) is 0 Å². The normalized spacial score (nSPS) is 12.7. The van der Waals surface area contributed by atoms with Crippen LogP contribution in [0.25, 0.3) is 0 Å². The molecule has 1 unspecified atom stereocenters. The van der Waals surface area contributed by atoms with E-state index < -0.39 is 17.8 Å². The molecule has 0 aliphatic carbocycles. The Balaban J connectivity index is 1.93. The topological polar surface area (TPSA) is 29.1 Å². The maximum Gasteiger partial charge on any atom is 0.416 e. The van der Waals surface area contributed by atoms with Crippen LogP contribution in [0.1, 0.15) is 36.1 Å². The van der Waals surface area contributed by atoms with Gasteiger partial charge in [-0.2, -0.15) is 13.2 Å². The second-order valence-corrected chi connectivity index (χ2v) is 5.40.